The summed E-state index contributed by atoms with van der Waals surface area (Å²) in [5, 5.41) is 25.2. The predicted molar refractivity (Wildman–Crippen MR) is 112 cm³/mol. The molecule has 2 atom stereocenters. The van der Waals surface area contributed by atoms with Gasteiger partial charge in [-0.1, -0.05) is 30.3 Å². The second-order valence-electron chi connectivity index (χ2n) is 8.09. The molecule has 2 amide bonds. The van der Waals surface area contributed by atoms with Crippen LogP contribution in [0.5, 0.6) is 5.75 Å². The molecule has 0 bridgehead atoms. The monoisotopic (exact) mass is 417 g/mol. The number of methoxy groups -OCH3 is 1. The highest BCUT2D eigenvalue weighted by Gasteiger charge is 2.74. The van der Waals surface area contributed by atoms with Gasteiger partial charge in [0, 0.05) is 35.9 Å². The predicted octanol–water partition coefficient (Wildman–Crippen LogP) is 1.65. The number of likely N-dealkylation sites (N-methyl/N-ethyl adjacent to an activating group) is 1. The standard InChI is InChI=1S/C23H19N3O5/c1-24-14-10-6-4-8-12(14)16-17(24)18-19(31-3)13-9-5-7-11-15(13)26(18)23(30)21(28)25(2)20(27)22(16,23)29/h4-11,29-30H,1-3H3. The van der Waals surface area contributed by atoms with Gasteiger partial charge >= 0.3 is 0 Å². The molecule has 0 saturated carbocycles. The van der Waals surface area contributed by atoms with Gasteiger partial charge in [-0.05, 0) is 18.2 Å². The molecule has 31 heavy (non-hydrogen) atoms. The topological polar surface area (TPSA) is 96.9 Å². The number of carbonyl (C=O) groups excluding carboxylic acids is 2. The number of ether oxygens (including phenoxy) is 1. The van der Waals surface area contributed by atoms with Crippen molar-refractivity contribution in [1.29, 1.82) is 0 Å². The zero-order chi connectivity index (χ0) is 21.9. The molecule has 2 aliphatic heterocycles. The first-order valence-electron chi connectivity index (χ1n) is 9.83. The van der Waals surface area contributed by atoms with Crippen molar-refractivity contribution in [2.45, 2.75) is 11.3 Å². The van der Waals surface area contributed by atoms with E-state index in [-0.39, 0.29) is 5.56 Å². The average molecular weight is 417 g/mol. The lowest BCUT2D eigenvalue weighted by Gasteiger charge is -2.40. The van der Waals surface area contributed by atoms with Crippen molar-refractivity contribution in [1.82, 2.24) is 14.0 Å². The Morgan fingerprint density at radius 1 is 0.839 bits per heavy atom. The van der Waals surface area contributed by atoms with Gasteiger partial charge in [0.2, 0.25) is 5.60 Å². The van der Waals surface area contributed by atoms with Crippen LogP contribution in [0.3, 0.4) is 0 Å². The molecular formula is C23H19N3O5. The second kappa shape index (κ2) is 5.35. The number of aliphatic hydroxyl groups is 2. The lowest BCUT2D eigenvalue weighted by atomic mass is 9.79. The number of hydrogen-bond acceptors (Lipinski definition) is 5. The Hall–Kier alpha value is -3.62. The largest absolute Gasteiger partial charge is 0.494 e. The summed E-state index contributed by atoms with van der Waals surface area (Å²) in [6, 6.07) is 14.4. The number of benzene rings is 2. The third-order valence-corrected chi connectivity index (χ3v) is 6.77. The minimum absolute atomic E-state index is 0.199. The average Bonchev–Trinajstić information content (AvgIpc) is 3.32. The van der Waals surface area contributed by atoms with Crippen LogP contribution in [0.25, 0.3) is 33.2 Å². The summed E-state index contributed by atoms with van der Waals surface area (Å²) >= 11 is 0. The first-order chi connectivity index (χ1) is 14.8. The molecule has 6 rings (SSSR count). The molecular weight excluding hydrogens is 398 g/mol. The molecule has 156 valence electrons. The van der Waals surface area contributed by atoms with Crippen molar-refractivity contribution < 1.29 is 24.5 Å². The third-order valence-electron chi connectivity index (χ3n) is 6.77. The van der Waals surface area contributed by atoms with Crippen LogP contribution >= 0.6 is 0 Å². The maximum Gasteiger partial charge on any atom is 0.286 e. The summed E-state index contributed by atoms with van der Waals surface area (Å²) in [4.78, 5) is 27.5. The molecule has 0 aliphatic carbocycles. The van der Waals surface area contributed by atoms with Crippen LogP contribution in [0, 0.1) is 0 Å². The van der Waals surface area contributed by atoms with E-state index in [2.05, 4.69) is 0 Å². The van der Waals surface area contributed by atoms with Crippen LogP contribution in [-0.4, -0.2) is 50.2 Å². The number of carbonyl (C=O) groups is 2. The number of para-hydroxylation sites is 2. The number of aromatic nitrogens is 2. The van der Waals surface area contributed by atoms with Crippen molar-refractivity contribution in [2.75, 3.05) is 14.2 Å². The molecule has 2 unspecified atom stereocenters. The fourth-order valence-corrected chi connectivity index (χ4v) is 5.41. The van der Waals surface area contributed by atoms with E-state index in [1.165, 1.54) is 18.7 Å². The van der Waals surface area contributed by atoms with Crippen LogP contribution in [0.1, 0.15) is 5.56 Å². The first kappa shape index (κ1) is 18.2. The van der Waals surface area contributed by atoms with E-state index < -0.39 is 23.1 Å². The van der Waals surface area contributed by atoms with Crippen LogP contribution in [0.2, 0.25) is 0 Å². The molecule has 1 saturated heterocycles. The van der Waals surface area contributed by atoms with Crippen molar-refractivity contribution in [2.24, 2.45) is 7.05 Å². The molecule has 2 aliphatic rings. The number of fused-ring (bicyclic) bond motifs is 10. The zero-order valence-corrected chi connectivity index (χ0v) is 17.1. The molecule has 0 spiro atoms. The fraction of sp³-hybridized carbons (Fsp3) is 0.217. The van der Waals surface area contributed by atoms with Gasteiger partial charge in [-0.25, -0.2) is 0 Å². The van der Waals surface area contributed by atoms with E-state index in [4.69, 9.17) is 4.74 Å². The van der Waals surface area contributed by atoms with Crippen LogP contribution in [-0.2, 0) is 28.0 Å². The van der Waals surface area contributed by atoms with Crippen molar-refractivity contribution >= 4 is 33.6 Å². The first-order valence-corrected chi connectivity index (χ1v) is 9.83. The van der Waals surface area contributed by atoms with E-state index in [9.17, 15) is 19.8 Å². The van der Waals surface area contributed by atoms with Gasteiger partial charge in [-0.2, -0.15) is 0 Å². The van der Waals surface area contributed by atoms with Gasteiger partial charge in [-0.15, -0.1) is 0 Å². The molecule has 2 aromatic carbocycles. The van der Waals surface area contributed by atoms with Crippen molar-refractivity contribution in [3.63, 3.8) is 0 Å². The van der Waals surface area contributed by atoms with E-state index in [0.717, 1.165) is 10.4 Å². The Kier molecular flexibility index (Phi) is 3.13. The molecule has 8 heteroatoms. The Labute approximate surface area is 176 Å². The number of aryl methyl sites for hydroxylation is 1. The molecule has 1 fully saturated rings. The molecule has 2 aromatic heterocycles. The molecule has 0 radical (unpaired) electrons. The number of imide groups is 1. The highest BCUT2D eigenvalue weighted by Crippen LogP contribution is 2.59. The Balaban J connectivity index is 1.96. The van der Waals surface area contributed by atoms with E-state index >= 15 is 0 Å². The quantitative estimate of drug-likeness (QED) is 0.459. The zero-order valence-electron chi connectivity index (χ0n) is 17.1. The Morgan fingerprint density at radius 3 is 2.13 bits per heavy atom. The van der Waals surface area contributed by atoms with Gasteiger partial charge in [0.25, 0.3) is 17.5 Å². The second-order valence-corrected chi connectivity index (χ2v) is 8.09. The number of hydrogen-bond donors (Lipinski definition) is 2. The van der Waals surface area contributed by atoms with Gasteiger partial charge in [0.1, 0.15) is 5.69 Å². The van der Waals surface area contributed by atoms with Crippen molar-refractivity contribution in [3.8, 4) is 17.1 Å². The van der Waals surface area contributed by atoms with E-state index in [1.807, 2.05) is 35.9 Å². The van der Waals surface area contributed by atoms with Crippen LogP contribution in [0.4, 0.5) is 0 Å². The maximum atomic E-state index is 13.4. The maximum absolute atomic E-state index is 13.4. The molecule has 4 heterocycles. The lowest BCUT2D eigenvalue weighted by molar-refractivity contribution is -0.193. The van der Waals surface area contributed by atoms with Crippen LogP contribution < -0.4 is 4.74 Å². The smallest absolute Gasteiger partial charge is 0.286 e. The summed E-state index contributed by atoms with van der Waals surface area (Å²) in [6.45, 7) is 0. The van der Waals surface area contributed by atoms with Crippen LogP contribution in [0.15, 0.2) is 48.5 Å². The molecule has 8 nitrogen and oxygen atoms in total. The van der Waals surface area contributed by atoms with Gasteiger partial charge in [0.15, 0.2) is 5.75 Å². The SMILES string of the molecule is COc1c2n(c3ccccc13)C1(O)C(=O)N(C)C(=O)C1(O)c1c-2n(C)c2ccccc12. The molecule has 4 aromatic rings. The summed E-state index contributed by atoms with van der Waals surface area (Å²) in [5.41, 5.74) is -2.71. The summed E-state index contributed by atoms with van der Waals surface area (Å²) in [6.07, 6.45) is 0. The minimum Gasteiger partial charge on any atom is -0.494 e. The summed E-state index contributed by atoms with van der Waals surface area (Å²) in [7, 11) is 4.61. The number of rotatable bonds is 1. The highest BCUT2D eigenvalue weighted by atomic mass is 16.5. The summed E-state index contributed by atoms with van der Waals surface area (Å²) in [5.74, 6) is -1.32. The lowest BCUT2D eigenvalue weighted by Crippen LogP contribution is -2.58. The normalized spacial score (nSPS) is 24.6. The number of nitrogens with zero attached hydrogens (tertiary/aromatic N) is 3. The highest BCUT2D eigenvalue weighted by molar-refractivity contribution is 6.17. The Bertz CT molecular complexity index is 1480. The van der Waals surface area contributed by atoms with E-state index in [0.29, 0.717) is 33.4 Å². The minimum atomic E-state index is -2.57. The Morgan fingerprint density at radius 2 is 1.45 bits per heavy atom. The molecule has 2 N–H and O–H groups in total. The fourth-order valence-electron chi connectivity index (χ4n) is 5.41. The van der Waals surface area contributed by atoms with Gasteiger partial charge in [-0.3, -0.25) is 19.1 Å². The van der Waals surface area contributed by atoms with E-state index in [1.54, 1.807) is 24.3 Å². The number of amides is 2. The summed E-state index contributed by atoms with van der Waals surface area (Å²) < 4.78 is 8.96. The third kappa shape index (κ3) is 1.65. The number of likely N-dealkylation sites (tertiary alicyclic amines) is 1. The van der Waals surface area contributed by atoms with Crippen molar-refractivity contribution in [3.05, 3.63) is 54.1 Å². The van der Waals surface area contributed by atoms with Gasteiger partial charge < -0.3 is 19.5 Å². The van der Waals surface area contributed by atoms with Gasteiger partial charge in [0.05, 0.1) is 18.3 Å².